The number of urea groups is 1. The molecule has 0 saturated carbocycles. The Morgan fingerprint density at radius 1 is 1.31 bits per heavy atom. The van der Waals surface area contributed by atoms with Gasteiger partial charge in [-0.15, -0.1) is 0 Å². The first-order valence-corrected chi connectivity index (χ1v) is 5.22. The summed E-state index contributed by atoms with van der Waals surface area (Å²) in [5.41, 5.74) is 0. The number of aliphatic carboxylic acids is 1. The predicted octanol–water partition coefficient (Wildman–Crippen LogP) is 0.289. The van der Waals surface area contributed by atoms with E-state index in [-0.39, 0.29) is 18.5 Å². The molecule has 6 nitrogen and oxygen atoms in total. The van der Waals surface area contributed by atoms with Gasteiger partial charge in [-0.1, -0.05) is 13.8 Å². The maximum atomic E-state index is 11.2. The molecule has 0 radical (unpaired) electrons. The highest BCUT2D eigenvalue weighted by Crippen LogP contribution is 2.09. The van der Waals surface area contributed by atoms with Gasteiger partial charge in [0, 0.05) is 20.2 Å². The molecule has 2 amide bonds. The number of rotatable bonds is 7. The van der Waals surface area contributed by atoms with E-state index in [4.69, 9.17) is 9.84 Å². The number of hydrogen-bond acceptors (Lipinski definition) is 3. The van der Waals surface area contributed by atoms with Crippen molar-refractivity contribution in [2.75, 3.05) is 26.8 Å². The van der Waals surface area contributed by atoms with E-state index in [0.29, 0.717) is 13.2 Å². The second-order valence-electron chi connectivity index (χ2n) is 3.82. The summed E-state index contributed by atoms with van der Waals surface area (Å²) in [4.78, 5) is 22.0. The molecule has 0 aromatic carbocycles. The molecule has 0 aromatic heterocycles. The highest BCUT2D eigenvalue weighted by Gasteiger charge is 2.21. The van der Waals surface area contributed by atoms with Crippen LogP contribution in [0.15, 0.2) is 0 Å². The Labute approximate surface area is 95.4 Å². The Balaban J connectivity index is 3.83. The van der Waals surface area contributed by atoms with Crippen molar-refractivity contribution in [3.05, 3.63) is 0 Å². The number of amides is 2. The smallest absolute Gasteiger partial charge is 0.314 e. The van der Waals surface area contributed by atoms with Crippen molar-refractivity contribution in [3.63, 3.8) is 0 Å². The second-order valence-corrected chi connectivity index (χ2v) is 3.82. The lowest BCUT2D eigenvalue weighted by Gasteiger charge is -2.16. The average molecular weight is 232 g/mol. The Hall–Kier alpha value is -1.30. The number of carbonyl (C=O) groups excluding carboxylic acids is 1. The quantitative estimate of drug-likeness (QED) is 0.550. The van der Waals surface area contributed by atoms with Crippen molar-refractivity contribution in [2.45, 2.75) is 13.8 Å². The Kier molecular flexibility index (Phi) is 7.28. The Morgan fingerprint density at radius 2 is 1.94 bits per heavy atom. The van der Waals surface area contributed by atoms with Gasteiger partial charge in [0.1, 0.15) is 0 Å². The van der Waals surface area contributed by atoms with E-state index in [1.54, 1.807) is 7.11 Å². The highest BCUT2D eigenvalue weighted by molar-refractivity contribution is 5.75. The van der Waals surface area contributed by atoms with Gasteiger partial charge in [-0.3, -0.25) is 4.79 Å². The molecule has 0 rings (SSSR count). The molecular weight excluding hydrogens is 212 g/mol. The first kappa shape index (κ1) is 14.7. The summed E-state index contributed by atoms with van der Waals surface area (Å²) >= 11 is 0. The first-order valence-electron chi connectivity index (χ1n) is 5.22. The van der Waals surface area contributed by atoms with Crippen molar-refractivity contribution < 1.29 is 19.4 Å². The van der Waals surface area contributed by atoms with Crippen LogP contribution in [0.5, 0.6) is 0 Å². The molecule has 0 aromatic rings. The summed E-state index contributed by atoms with van der Waals surface area (Å²) < 4.78 is 4.76. The summed E-state index contributed by atoms with van der Waals surface area (Å²) in [7, 11) is 1.54. The Morgan fingerprint density at radius 3 is 2.38 bits per heavy atom. The number of carbonyl (C=O) groups is 2. The highest BCUT2D eigenvalue weighted by atomic mass is 16.5. The molecule has 0 bridgehead atoms. The van der Waals surface area contributed by atoms with Gasteiger partial charge in [-0.05, 0) is 5.92 Å². The maximum absolute atomic E-state index is 11.2. The number of nitrogens with one attached hydrogen (secondary N) is 2. The summed E-state index contributed by atoms with van der Waals surface area (Å²) in [6, 6.07) is -0.371. The van der Waals surface area contributed by atoms with Crippen molar-refractivity contribution in [1.82, 2.24) is 10.6 Å². The zero-order valence-corrected chi connectivity index (χ0v) is 9.95. The topological polar surface area (TPSA) is 87.7 Å². The van der Waals surface area contributed by atoms with Crippen LogP contribution in [-0.4, -0.2) is 43.9 Å². The summed E-state index contributed by atoms with van der Waals surface area (Å²) in [5.74, 6) is -1.47. The molecular formula is C10H20N2O4. The molecule has 0 aliphatic heterocycles. The lowest BCUT2D eigenvalue weighted by atomic mass is 9.96. The van der Waals surface area contributed by atoms with Crippen molar-refractivity contribution in [2.24, 2.45) is 11.8 Å². The SMILES string of the molecule is COCCNC(=O)NCC(C(=O)O)C(C)C. The lowest BCUT2D eigenvalue weighted by Crippen LogP contribution is -2.42. The second kappa shape index (κ2) is 7.92. The van der Waals surface area contributed by atoms with Gasteiger partial charge in [0.25, 0.3) is 0 Å². The average Bonchev–Trinajstić information content (AvgIpc) is 2.17. The molecule has 16 heavy (non-hydrogen) atoms. The largest absolute Gasteiger partial charge is 0.481 e. The molecule has 94 valence electrons. The van der Waals surface area contributed by atoms with Crippen molar-refractivity contribution >= 4 is 12.0 Å². The minimum Gasteiger partial charge on any atom is -0.481 e. The predicted molar refractivity (Wildman–Crippen MR) is 59.2 cm³/mol. The molecule has 1 unspecified atom stereocenters. The van der Waals surface area contributed by atoms with Crippen LogP contribution in [0.25, 0.3) is 0 Å². The fraction of sp³-hybridized carbons (Fsp3) is 0.800. The van der Waals surface area contributed by atoms with Crippen LogP contribution >= 0.6 is 0 Å². The normalized spacial score (nSPS) is 12.2. The minimum atomic E-state index is -0.896. The van der Waals surface area contributed by atoms with Crippen LogP contribution < -0.4 is 10.6 Å². The molecule has 1 atom stereocenters. The fourth-order valence-electron chi connectivity index (χ4n) is 1.14. The summed E-state index contributed by atoms with van der Waals surface area (Å²) in [6.45, 7) is 4.58. The third-order valence-electron chi connectivity index (χ3n) is 2.20. The van der Waals surface area contributed by atoms with Crippen LogP contribution in [0.2, 0.25) is 0 Å². The fourth-order valence-corrected chi connectivity index (χ4v) is 1.14. The first-order chi connectivity index (χ1) is 7.49. The van der Waals surface area contributed by atoms with Gasteiger partial charge in [-0.25, -0.2) is 4.79 Å². The van der Waals surface area contributed by atoms with Crippen LogP contribution in [0.4, 0.5) is 4.79 Å². The zero-order chi connectivity index (χ0) is 12.6. The summed E-state index contributed by atoms with van der Waals surface area (Å²) in [5, 5.41) is 13.9. The van der Waals surface area contributed by atoms with Gasteiger partial charge >= 0.3 is 12.0 Å². The number of carboxylic acid groups (broad SMARTS) is 1. The van der Waals surface area contributed by atoms with Gasteiger partial charge in [0.15, 0.2) is 0 Å². The van der Waals surface area contributed by atoms with Gasteiger partial charge in [0.05, 0.1) is 12.5 Å². The van der Waals surface area contributed by atoms with E-state index < -0.39 is 11.9 Å². The molecule has 0 aliphatic rings. The van der Waals surface area contributed by atoms with Crippen molar-refractivity contribution in [3.8, 4) is 0 Å². The lowest BCUT2D eigenvalue weighted by molar-refractivity contribution is -0.142. The molecule has 0 heterocycles. The van der Waals surface area contributed by atoms with Gasteiger partial charge in [-0.2, -0.15) is 0 Å². The van der Waals surface area contributed by atoms with E-state index in [2.05, 4.69) is 10.6 Å². The molecule has 0 spiro atoms. The Bertz CT molecular complexity index is 231. The minimum absolute atomic E-state index is 0.0169. The standard InChI is InChI=1S/C10H20N2O4/c1-7(2)8(9(13)14)6-12-10(15)11-4-5-16-3/h7-8H,4-6H2,1-3H3,(H,13,14)(H2,11,12,15). The molecule has 0 aliphatic carbocycles. The third-order valence-corrected chi connectivity index (χ3v) is 2.20. The van der Waals surface area contributed by atoms with Crippen LogP contribution in [-0.2, 0) is 9.53 Å². The molecule has 0 fully saturated rings. The number of carboxylic acids is 1. The maximum Gasteiger partial charge on any atom is 0.314 e. The van der Waals surface area contributed by atoms with Crippen LogP contribution in [0, 0.1) is 11.8 Å². The van der Waals surface area contributed by atoms with Crippen molar-refractivity contribution in [1.29, 1.82) is 0 Å². The van der Waals surface area contributed by atoms with E-state index in [9.17, 15) is 9.59 Å². The third kappa shape index (κ3) is 6.23. The molecule has 6 heteroatoms. The zero-order valence-electron chi connectivity index (χ0n) is 9.95. The van der Waals surface area contributed by atoms with E-state index in [0.717, 1.165) is 0 Å². The molecule has 0 saturated heterocycles. The monoisotopic (exact) mass is 232 g/mol. The van der Waals surface area contributed by atoms with Crippen LogP contribution in [0.3, 0.4) is 0 Å². The van der Waals surface area contributed by atoms with E-state index in [1.165, 1.54) is 0 Å². The number of methoxy groups -OCH3 is 1. The van der Waals surface area contributed by atoms with Crippen LogP contribution in [0.1, 0.15) is 13.8 Å². The number of hydrogen-bond donors (Lipinski definition) is 3. The van der Waals surface area contributed by atoms with Gasteiger partial charge < -0.3 is 20.5 Å². The van der Waals surface area contributed by atoms with Gasteiger partial charge in [0.2, 0.25) is 0 Å². The number of ether oxygens (including phenoxy) is 1. The van der Waals surface area contributed by atoms with E-state index in [1.807, 2.05) is 13.8 Å². The van der Waals surface area contributed by atoms with E-state index >= 15 is 0 Å². The molecule has 3 N–H and O–H groups in total. The summed E-state index contributed by atoms with van der Waals surface area (Å²) in [6.07, 6.45) is 0.